The first-order valence-corrected chi connectivity index (χ1v) is 7.12. The van der Waals surface area contributed by atoms with Crippen molar-refractivity contribution < 1.29 is 9.47 Å². The molecule has 2 aliphatic heterocycles. The molecule has 3 rings (SSSR count). The highest BCUT2D eigenvalue weighted by atomic mass is 16.5. The molecule has 104 valence electrons. The largest absolute Gasteiger partial charge is 0.481 e. The molecular weight excluding hydrogens is 240 g/mol. The van der Waals surface area contributed by atoms with Gasteiger partial charge < -0.3 is 9.47 Å². The van der Waals surface area contributed by atoms with E-state index >= 15 is 0 Å². The number of nitrogens with zero attached hydrogens (tertiary/aromatic N) is 2. The van der Waals surface area contributed by atoms with E-state index in [9.17, 15) is 0 Å². The van der Waals surface area contributed by atoms with Gasteiger partial charge >= 0.3 is 0 Å². The summed E-state index contributed by atoms with van der Waals surface area (Å²) in [5, 5.41) is 0. The highest BCUT2D eigenvalue weighted by Crippen LogP contribution is 2.33. The smallest absolute Gasteiger partial charge is 0.217 e. The Morgan fingerprint density at radius 2 is 2.42 bits per heavy atom. The predicted octanol–water partition coefficient (Wildman–Crippen LogP) is 2.09. The number of aromatic nitrogens is 1. The quantitative estimate of drug-likeness (QED) is 0.835. The Kier molecular flexibility index (Phi) is 3.71. The van der Waals surface area contributed by atoms with E-state index in [4.69, 9.17) is 9.47 Å². The first-order valence-electron chi connectivity index (χ1n) is 7.12. The Morgan fingerprint density at radius 3 is 3.26 bits per heavy atom. The van der Waals surface area contributed by atoms with Crippen LogP contribution >= 0.6 is 0 Å². The third kappa shape index (κ3) is 2.74. The van der Waals surface area contributed by atoms with Crippen LogP contribution < -0.4 is 4.74 Å². The normalized spacial score (nSPS) is 31.2. The van der Waals surface area contributed by atoms with Crippen LogP contribution in [0.2, 0.25) is 0 Å². The molecule has 2 fully saturated rings. The monoisotopic (exact) mass is 262 g/mol. The van der Waals surface area contributed by atoms with Gasteiger partial charge in [-0.1, -0.05) is 6.07 Å². The zero-order chi connectivity index (χ0) is 13.2. The standard InChI is InChI=1S/C15H22N2O2/c1-11-8-13-10-17(7-5-14(13)19-11)9-12-4-3-6-16-15(12)18-2/h3-4,6,11,13-14H,5,7-10H2,1-2H3/t11-,13-,14-/m1/s1. The van der Waals surface area contributed by atoms with Gasteiger partial charge in [-0.25, -0.2) is 4.98 Å². The van der Waals surface area contributed by atoms with Crippen LogP contribution in [0.4, 0.5) is 0 Å². The van der Waals surface area contributed by atoms with Crippen LogP contribution in [0.15, 0.2) is 18.3 Å². The number of pyridine rings is 1. The molecule has 0 aliphatic carbocycles. The van der Waals surface area contributed by atoms with E-state index < -0.39 is 0 Å². The molecule has 0 saturated carbocycles. The van der Waals surface area contributed by atoms with Crippen molar-refractivity contribution in [3.05, 3.63) is 23.9 Å². The fourth-order valence-electron chi connectivity index (χ4n) is 3.38. The van der Waals surface area contributed by atoms with Crippen LogP contribution in [0.5, 0.6) is 5.88 Å². The van der Waals surface area contributed by atoms with Crippen molar-refractivity contribution in [1.29, 1.82) is 0 Å². The minimum atomic E-state index is 0.433. The van der Waals surface area contributed by atoms with E-state index in [0.29, 0.717) is 18.1 Å². The van der Waals surface area contributed by atoms with Crippen LogP contribution in [-0.4, -0.2) is 42.3 Å². The van der Waals surface area contributed by atoms with Gasteiger partial charge in [0.25, 0.3) is 0 Å². The van der Waals surface area contributed by atoms with Gasteiger partial charge in [-0.05, 0) is 25.8 Å². The van der Waals surface area contributed by atoms with Gasteiger partial charge in [0.05, 0.1) is 19.3 Å². The molecule has 3 heterocycles. The van der Waals surface area contributed by atoms with Gasteiger partial charge in [-0.2, -0.15) is 0 Å². The Hall–Kier alpha value is -1.13. The zero-order valence-electron chi connectivity index (χ0n) is 11.7. The molecule has 0 radical (unpaired) electrons. The number of hydrogen-bond donors (Lipinski definition) is 0. The van der Waals surface area contributed by atoms with Gasteiger partial charge in [0.2, 0.25) is 5.88 Å². The van der Waals surface area contributed by atoms with E-state index in [1.165, 1.54) is 12.0 Å². The molecule has 0 amide bonds. The molecule has 2 aliphatic rings. The topological polar surface area (TPSA) is 34.6 Å². The first-order chi connectivity index (χ1) is 9.26. The Balaban J connectivity index is 1.65. The van der Waals surface area contributed by atoms with Crippen LogP contribution in [0.25, 0.3) is 0 Å². The van der Waals surface area contributed by atoms with E-state index in [-0.39, 0.29) is 0 Å². The van der Waals surface area contributed by atoms with Gasteiger partial charge in [0, 0.05) is 37.3 Å². The number of piperidine rings is 1. The van der Waals surface area contributed by atoms with Gasteiger partial charge in [0.15, 0.2) is 0 Å². The third-order valence-corrected chi connectivity index (χ3v) is 4.23. The van der Waals surface area contributed by atoms with Crippen molar-refractivity contribution in [3.63, 3.8) is 0 Å². The van der Waals surface area contributed by atoms with Crippen molar-refractivity contribution in [3.8, 4) is 5.88 Å². The zero-order valence-corrected chi connectivity index (χ0v) is 11.7. The summed E-state index contributed by atoms with van der Waals surface area (Å²) in [6, 6.07) is 4.08. The predicted molar refractivity (Wildman–Crippen MR) is 73.1 cm³/mol. The molecular formula is C15H22N2O2. The lowest BCUT2D eigenvalue weighted by molar-refractivity contribution is 0.00571. The number of methoxy groups -OCH3 is 1. The molecule has 2 saturated heterocycles. The van der Waals surface area contributed by atoms with E-state index in [0.717, 1.165) is 31.9 Å². The summed E-state index contributed by atoms with van der Waals surface area (Å²) in [5.41, 5.74) is 1.18. The summed E-state index contributed by atoms with van der Waals surface area (Å²) in [4.78, 5) is 6.77. The molecule has 4 heteroatoms. The van der Waals surface area contributed by atoms with Crippen molar-refractivity contribution in [1.82, 2.24) is 9.88 Å². The lowest BCUT2D eigenvalue weighted by Gasteiger charge is -2.34. The molecule has 0 aromatic carbocycles. The summed E-state index contributed by atoms with van der Waals surface area (Å²) < 4.78 is 11.3. The summed E-state index contributed by atoms with van der Waals surface area (Å²) in [7, 11) is 1.69. The SMILES string of the molecule is COc1ncccc1CN1CC[C@H]2O[C@H](C)C[C@@H]2C1. The van der Waals surface area contributed by atoms with Crippen LogP contribution in [-0.2, 0) is 11.3 Å². The number of ether oxygens (including phenoxy) is 2. The first kappa shape index (κ1) is 12.9. The number of hydrogen-bond acceptors (Lipinski definition) is 4. The number of rotatable bonds is 3. The van der Waals surface area contributed by atoms with Crippen LogP contribution in [0, 0.1) is 5.92 Å². The average Bonchev–Trinajstić information content (AvgIpc) is 2.79. The van der Waals surface area contributed by atoms with Crippen molar-refractivity contribution in [2.75, 3.05) is 20.2 Å². The van der Waals surface area contributed by atoms with Crippen molar-refractivity contribution >= 4 is 0 Å². The fraction of sp³-hybridized carbons (Fsp3) is 0.667. The van der Waals surface area contributed by atoms with Gasteiger partial charge in [-0.3, -0.25) is 4.90 Å². The second-order valence-electron chi connectivity index (χ2n) is 5.68. The summed E-state index contributed by atoms with van der Waals surface area (Å²) in [5.74, 6) is 1.45. The van der Waals surface area contributed by atoms with Gasteiger partial charge in [0.1, 0.15) is 0 Å². The molecule has 0 spiro atoms. The Morgan fingerprint density at radius 1 is 1.53 bits per heavy atom. The third-order valence-electron chi connectivity index (χ3n) is 4.23. The lowest BCUT2D eigenvalue weighted by Crippen LogP contribution is -2.40. The maximum atomic E-state index is 5.94. The van der Waals surface area contributed by atoms with Gasteiger partial charge in [-0.15, -0.1) is 0 Å². The van der Waals surface area contributed by atoms with E-state index in [1.54, 1.807) is 13.3 Å². The molecule has 0 bridgehead atoms. The summed E-state index contributed by atoms with van der Waals surface area (Å²) >= 11 is 0. The van der Waals surface area contributed by atoms with Crippen molar-refractivity contribution in [2.24, 2.45) is 5.92 Å². The van der Waals surface area contributed by atoms with Crippen LogP contribution in [0.3, 0.4) is 0 Å². The van der Waals surface area contributed by atoms with E-state index in [2.05, 4.69) is 22.9 Å². The number of fused-ring (bicyclic) bond motifs is 1. The minimum Gasteiger partial charge on any atom is -0.481 e. The maximum absolute atomic E-state index is 5.94. The molecule has 19 heavy (non-hydrogen) atoms. The maximum Gasteiger partial charge on any atom is 0.217 e. The molecule has 1 aromatic heterocycles. The highest BCUT2D eigenvalue weighted by Gasteiger charge is 2.37. The average molecular weight is 262 g/mol. The lowest BCUT2D eigenvalue weighted by atomic mass is 9.93. The highest BCUT2D eigenvalue weighted by molar-refractivity contribution is 5.25. The van der Waals surface area contributed by atoms with Crippen LogP contribution in [0.1, 0.15) is 25.3 Å². The molecule has 3 atom stereocenters. The van der Waals surface area contributed by atoms with Crippen molar-refractivity contribution in [2.45, 2.75) is 38.5 Å². The Labute approximate surface area is 114 Å². The summed E-state index contributed by atoms with van der Waals surface area (Å²) in [6.07, 6.45) is 5.05. The Bertz CT molecular complexity index is 438. The second-order valence-corrected chi connectivity index (χ2v) is 5.68. The number of likely N-dealkylation sites (tertiary alicyclic amines) is 1. The van der Waals surface area contributed by atoms with E-state index in [1.807, 2.05) is 6.07 Å². The fourth-order valence-corrected chi connectivity index (χ4v) is 3.38. The summed E-state index contributed by atoms with van der Waals surface area (Å²) in [6.45, 7) is 5.35. The second kappa shape index (κ2) is 5.47. The minimum absolute atomic E-state index is 0.433. The molecule has 0 N–H and O–H groups in total. The molecule has 1 aromatic rings. The molecule has 4 nitrogen and oxygen atoms in total. The molecule has 0 unspecified atom stereocenters.